The second kappa shape index (κ2) is 5.39. The maximum Gasteiger partial charge on any atom is 0.335 e. The Labute approximate surface area is 110 Å². The van der Waals surface area contributed by atoms with Gasteiger partial charge in [-0.25, -0.2) is 9.78 Å². The van der Waals surface area contributed by atoms with Crippen LogP contribution in [0.15, 0.2) is 36.5 Å². The van der Waals surface area contributed by atoms with Crippen LogP contribution in [0.5, 0.6) is 11.6 Å². The van der Waals surface area contributed by atoms with Crippen molar-refractivity contribution in [2.45, 2.75) is 0 Å². The molecular formula is C14H13NO4. The minimum absolute atomic E-state index is 0.201. The fourth-order valence-electron chi connectivity index (χ4n) is 1.76. The summed E-state index contributed by atoms with van der Waals surface area (Å²) < 4.78 is 10.3. The third-order valence-electron chi connectivity index (χ3n) is 2.70. The van der Waals surface area contributed by atoms with E-state index in [9.17, 15) is 4.79 Å². The number of hydrogen-bond donors (Lipinski definition) is 1. The molecule has 5 heteroatoms. The Morgan fingerprint density at radius 3 is 2.58 bits per heavy atom. The van der Waals surface area contributed by atoms with Gasteiger partial charge in [0, 0.05) is 17.8 Å². The van der Waals surface area contributed by atoms with Crippen LogP contribution in [-0.4, -0.2) is 30.3 Å². The van der Waals surface area contributed by atoms with Crippen molar-refractivity contribution in [1.29, 1.82) is 0 Å². The lowest BCUT2D eigenvalue weighted by atomic mass is 10.0. The molecule has 19 heavy (non-hydrogen) atoms. The van der Waals surface area contributed by atoms with Crippen LogP contribution in [0.4, 0.5) is 0 Å². The van der Waals surface area contributed by atoms with E-state index in [1.165, 1.54) is 20.3 Å². The van der Waals surface area contributed by atoms with Gasteiger partial charge in [-0.15, -0.1) is 0 Å². The second-order valence-electron chi connectivity index (χ2n) is 3.81. The molecule has 1 aromatic carbocycles. The first kappa shape index (κ1) is 12.9. The summed E-state index contributed by atoms with van der Waals surface area (Å²) in [6.07, 6.45) is 1.60. The Hall–Kier alpha value is -2.56. The third-order valence-corrected chi connectivity index (χ3v) is 2.70. The minimum atomic E-state index is -0.982. The van der Waals surface area contributed by atoms with Crippen LogP contribution in [0.25, 0.3) is 11.1 Å². The number of rotatable bonds is 4. The van der Waals surface area contributed by atoms with Crippen molar-refractivity contribution >= 4 is 5.97 Å². The monoisotopic (exact) mass is 259 g/mol. The van der Waals surface area contributed by atoms with Crippen LogP contribution in [0.2, 0.25) is 0 Å². The van der Waals surface area contributed by atoms with E-state index in [4.69, 9.17) is 14.6 Å². The molecule has 0 aliphatic carbocycles. The summed E-state index contributed by atoms with van der Waals surface area (Å²) in [5.41, 5.74) is 1.67. The Balaban J connectivity index is 2.57. The standard InChI is InChI=1S/C14H13NO4/c1-18-12-4-3-10(14(16)17)7-11(12)9-5-6-15-13(8-9)19-2/h3-8H,1-2H3,(H,16,17). The molecule has 0 saturated carbocycles. The van der Waals surface area contributed by atoms with E-state index in [1.807, 2.05) is 0 Å². The summed E-state index contributed by atoms with van der Waals surface area (Å²) in [5, 5.41) is 9.04. The summed E-state index contributed by atoms with van der Waals surface area (Å²) >= 11 is 0. The number of aromatic nitrogens is 1. The predicted octanol–water partition coefficient (Wildman–Crippen LogP) is 2.46. The first-order chi connectivity index (χ1) is 9.15. The van der Waals surface area contributed by atoms with Crippen LogP contribution in [0.3, 0.4) is 0 Å². The number of pyridine rings is 1. The first-order valence-corrected chi connectivity index (χ1v) is 5.57. The predicted molar refractivity (Wildman–Crippen MR) is 69.7 cm³/mol. The van der Waals surface area contributed by atoms with Crippen molar-refractivity contribution in [3.8, 4) is 22.8 Å². The Morgan fingerprint density at radius 2 is 1.95 bits per heavy atom. The Morgan fingerprint density at radius 1 is 1.16 bits per heavy atom. The zero-order chi connectivity index (χ0) is 13.8. The third kappa shape index (κ3) is 2.65. The highest BCUT2D eigenvalue weighted by atomic mass is 16.5. The number of carbonyl (C=O) groups is 1. The topological polar surface area (TPSA) is 68.7 Å². The van der Waals surface area contributed by atoms with E-state index < -0.39 is 5.97 Å². The zero-order valence-electron chi connectivity index (χ0n) is 10.6. The smallest absolute Gasteiger partial charge is 0.335 e. The van der Waals surface area contributed by atoms with Gasteiger partial charge in [0.25, 0.3) is 0 Å². The number of ether oxygens (including phenoxy) is 2. The highest BCUT2D eigenvalue weighted by Gasteiger charge is 2.11. The Bertz CT molecular complexity index is 610. The lowest BCUT2D eigenvalue weighted by molar-refractivity contribution is 0.0697. The van der Waals surface area contributed by atoms with E-state index in [1.54, 1.807) is 30.5 Å². The van der Waals surface area contributed by atoms with Crippen LogP contribution >= 0.6 is 0 Å². The Kier molecular flexibility index (Phi) is 3.66. The first-order valence-electron chi connectivity index (χ1n) is 5.57. The molecule has 0 fully saturated rings. The molecule has 0 aliphatic rings. The lowest BCUT2D eigenvalue weighted by Gasteiger charge is -2.10. The van der Waals surface area contributed by atoms with E-state index in [0.29, 0.717) is 17.2 Å². The van der Waals surface area contributed by atoms with Crippen molar-refractivity contribution in [3.05, 3.63) is 42.1 Å². The molecule has 98 valence electrons. The largest absolute Gasteiger partial charge is 0.496 e. The molecule has 1 N–H and O–H groups in total. The fraction of sp³-hybridized carbons (Fsp3) is 0.143. The molecule has 0 aliphatic heterocycles. The normalized spacial score (nSPS) is 10.0. The number of hydrogen-bond acceptors (Lipinski definition) is 4. The van der Waals surface area contributed by atoms with Gasteiger partial charge in [0.05, 0.1) is 19.8 Å². The summed E-state index contributed by atoms with van der Waals surface area (Å²) in [6, 6.07) is 8.19. The van der Waals surface area contributed by atoms with Crippen molar-refractivity contribution in [2.24, 2.45) is 0 Å². The molecule has 0 bridgehead atoms. The van der Waals surface area contributed by atoms with Gasteiger partial charge in [0.2, 0.25) is 5.88 Å². The zero-order valence-corrected chi connectivity index (χ0v) is 10.6. The quantitative estimate of drug-likeness (QED) is 0.913. The maximum absolute atomic E-state index is 11.0. The van der Waals surface area contributed by atoms with E-state index in [2.05, 4.69) is 4.98 Å². The molecule has 2 aromatic rings. The molecule has 1 aromatic heterocycles. The van der Waals surface area contributed by atoms with Gasteiger partial charge in [0.15, 0.2) is 0 Å². The fourth-order valence-corrected chi connectivity index (χ4v) is 1.76. The van der Waals surface area contributed by atoms with Gasteiger partial charge >= 0.3 is 5.97 Å². The molecule has 0 saturated heterocycles. The second-order valence-corrected chi connectivity index (χ2v) is 3.81. The average Bonchev–Trinajstić information content (AvgIpc) is 2.46. The highest BCUT2D eigenvalue weighted by Crippen LogP contribution is 2.32. The van der Waals surface area contributed by atoms with Crippen LogP contribution in [-0.2, 0) is 0 Å². The number of carboxylic acids is 1. The van der Waals surface area contributed by atoms with Gasteiger partial charge in [-0.3, -0.25) is 0 Å². The van der Waals surface area contributed by atoms with Gasteiger partial charge in [-0.05, 0) is 29.8 Å². The summed E-state index contributed by atoms with van der Waals surface area (Å²) in [5.74, 6) is 0.0726. The average molecular weight is 259 g/mol. The number of methoxy groups -OCH3 is 2. The number of aromatic carboxylic acids is 1. The lowest BCUT2D eigenvalue weighted by Crippen LogP contribution is -1.98. The molecular weight excluding hydrogens is 246 g/mol. The summed E-state index contributed by atoms with van der Waals surface area (Å²) in [4.78, 5) is 15.0. The SMILES string of the molecule is COc1cc(-c2cc(C(=O)O)ccc2OC)ccn1. The van der Waals surface area contributed by atoms with Crippen molar-refractivity contribution in [2.75, 3.05) is 14.2 Å². The molecule has 0 unspecified atom stereocenters. The molecule has 5 nitrogen and oxygen atoms in total. The van der Waals surface area contributed by atoms with Crippen LogP contribution in [0.1, 0.15) is 10.4 Å². The number of benzene rings is 1. The summed E-state index contributed by atoms with van der Waals surface area (Å²) in [7, 11) is 3.06. The maximum atomic E-state index is 11.0. The van der Waals surface area contributed by atoms with E-state index in [-0.39, 0.29) is 5.56 Å². The van der Waals surface area contributed by atoms with Crippen molar-refractivity contribution in [3.63, 3.8) is 0 Å². The molecule has 2 rings (SSSR count). The van der Waals surface area contributed by atoms with Gasteiger partial charge in [-0.1, -0.05) is 0 Å². The van der Waals surface area contributed by atoms with E-state index >= 15 is 0 Å². The highest BCUT2D eigenvalue weighted by molar-refractivity contribution is 5.90. The molecule has 1 heterocycles. The molecule has 0 spiro atoms. The number of nitrogens with zero attached hydrogens (tertiary/aromatic N) is 1. The minimum Gasteiger partial charge on any atom is -0.496 e. The molecule has 0 atom stereocenters. The van der Waals surface area contributed by atoms with Gasteiger partial charge in [-0.2, -0.15) is 0 Å². The van der Waals surface area contributed by atoms with E-state index in [0.717, 1.165) is 5.56 Å². The van der Waals surface area contributed by atoms with Crippen LogP contribution in [0, 0.1) is 0 Å². The van der Waals surface area contributed by atoms with Gasteiger partial charge in [0.1, 0.15) is 5.75 Å². The number of carboxylic acid groups (broad SMARTS) is 1. The summed E-state index contributed by atoms with van der Waals surface area (Å²) in [6.45, 7) is 0. The van der Waals surface area contributed by atoms with Gasteiger partial charge < -0.3 is 14.6 Å². The van der Waals surface area contributed by atoms with Crippen molar-refractivity contribution < 1.29 is 19.4 Å². The van der Waals surface area contributed by atoms with Crippen molar-refractivity contribution in [1.82, 2.24) is 4.98 Å². The molecule has 0 amide bonds. The molecule has 0 radical (unpaired) electrons. The van der Waals surface area contributed by atoms with Crippen LogP contribution < -0.4 is 9.47 Å².